The second-order valence-corrected chi connectivity index (χ2v) is 11.9. The number of hydrogen-bond donors (Lipinski definition) is 3. The molecule has 0 unspecified atom stereocenters. The molecule has 3 rings (SSSR count). The van der Waals surface area contributed by atoms with Gasteiger partial charge in [0.05, 0.1) is 26.6 Å². The SMILES string of the molecule is Cc1cc(F)c(Br)cc1NS(=O)(=O)c1ccc(NS(=O)(=O)c2cc(Cl)cc(Cl)c2)cc1CO. The van der Waals surface area contributed by atoms with Gasteiger partial charge in [0.1, 0.15) is 5.82 Å². The van der Waals surface area contributed by atoms with Gasteiger partial charge in [0.25, 0.3) is 20.0 Å². The fraction of sp³-hybridized carbons (Fsp3) is 0.100. The lowest BCUT2D eigenvalue weighted by molar-refractivity contribution is 0.278. The van der Waals surface area contributed by atoms with Crippen molar-refractivity contribution in [3.63, 3.8) is 0 Å². The van der Waals surface area contributed by atoms with Gasteiger partial charge in [-0.05, 0) is 76.9 Å². The van der Waals surface area contributed by atoms with Crippen LogP contribution in [0.2, 0.25) is 10.0 Å². The van der Waals surface area contributed by atoms with Gasteiger partial charge in [0.15, 0.2) is 0 Å². The van der Waals surface area contributed by atoms with Gasteiger partial charge in [-0.15, -0.1) is 0 Å². The highest BCUT2D eigenvalue weighted by atomic mass is 79.9. The van der Waals surface area contributed by atoms with Crippen LogP contribution in [0.4, 0.5) is 15.8 Å². The summed E-state index contributed by atoms with van der Waals surface area (Å²) in [7, 11) is -8.30. The highest BCUT2D eigenvalue weighted by molar-refractivity contribution is 9.10. The van der Waals surface area contributed by atoms with E-state index in [1.54, 1.807) is 0 Å². The Morgan fingerprint density at radius 3 is 2.18 bits per heavy atom. The summed E-state index contributed by atoms with van der Waals surface area (Å²) in [6, 6.07) is 9.78. The molecule has 0 aliphatic rings. The predicted octanol–water partition coefficient (Wildman–Crippen LogP) is 5.30. The first kappa shape index (κ1) is 25.7. The normalized spacial score (nSPS) is 11.9. The van der Waals surface area contributed by atoms with E-state index >= 15 is 0 Å². The molecule has 0 aromatic heterocycles. The Morgan fingerprint density at radius 1 is 0.939 bits per heavy atom. The lowest BCUT2D eigenvalue weighted by Crippen LogP contribution is -2.17. The summed E-state index contributed by atoms with van der Waals surface area (Å²) < 4.78 is 69.5. The van der Waals surface area contributed by atoms with Gasteiger partial charge in [0.2, 0.25) is 0 Å². The van der Waals surface area contributed by atoms with Crippen molar-refractivity contribution in [2.75, 3.05) is 9.44 Å². The molecule has 0 aliphatic carbocycles. The molecule has 0 saturated carbocycles. The number of rotatable bonds is 7. The van der Waals surface area contributed by atoms with Gasteiger partial charge in [0, 0.05) is 21.3 Å². The van der Waals surface area contributed by atoms with Crippen LogP contribution in [-0.2, 0) is 26.7 Å². The van der Waals surface area contributed by atoms with Crippen molar-refractivity contribution in [3.05, 3.63) is 80.0 Å². The van der Waals surface area contributed by atoms with Gasteiger partial charge < -0.3 is 5.11 Å². The maximum absolute atomic E-state index is 13.7. The predicted molar refractivity (Wildman–Crippen MR) is 129 cm³/mol. The zero-order valence-corrected chi connectivity index (χ0v) is 21.5. The monoisotopic (exact) mass is 596 g/mol. The van der Waals surface area contributed by atoms with Crippen LogP contribution < -0.4 is 9.44 Å². The first-order valence-electron chi connectivity index (χ1n) is 9.03. The van der Waals surface area contributed by atoms with E-state index in [2.05, 4.69) is 25.4 Å². The summed E-state index contributed by atoms with van der Waals surface area (Å²) in [5.74, 6) is -0.552. The Morgan fingerprint density at radius 2 is 1.58 bits per heavy atom. The van der Waals surface area contributed by atoms with Crippen LogP contribution in [0.15, 0.2) is 62.8 Å². The van der Waals surface area contributed by atoms with Crippen molar-refractivity contribution < 1.29 is 26.3 Å². The summed E-state index contributed by atoms with van der Waals surface area (Å²) in [5.41, 5.74) is 0.421. The molecule has 13 heteroatoms. The number of anilines is 2. The number of aliphatic hydroxyl groups excluding tert-OH is 1. The Hall–Kier alpha value is -1.89. The Labute approximate surface area is 208 Å². The summed E-state index contributed by atoms with van der Waals surface area (Å²) in [4.78, 5) is -0.472. The van der Waals surface area contributed by atoms with E-state index < -0.39 is 32.5 Å². The molecular formula is C20H16BrCl2FN2O5S2. The number of hydrogen-bond acceptors (Lipinski definition) is 5. The van der Waals surface area contributed by atoms with E-state index in [4.69, 9.17) is 23.2 Å². The highest BCUT2D eigenvalue weighted by Gasteiger charge is 2.22. The van der Waals surface area contributed by atoms with Crippen molar-refractivity contribution in [2.24, 2.45) is 0 Å². The zero-order chi connectivity index (χ0) is 24.6. The number of sulfonamides is 2. The van der Waals surface area contributed by atoms with Gasteiger partial charge in [-0.1, -0.05) is 23.2 Å². The van der Waals surface area contributed by atoms with E-state index in [9.17, 15) is 26.3 Å². The Balaban J connectivity index is 1.94. The average molecular weight is 598 g/mol. The molecule has 3 N–H and O–H groups in total. The third-order valence-electron chi connectivity index (χ3n) is 4.43. The van der Waals surface area contributed by atoms with E-state index in [0.29, 0.717) is 5.56 Å². The molecule has 0 aliphatic heterocycles. The molecule has 0 atom stereocenters. The third kappa shape index (κ3) is 5.97. The fourth-order valence-electron chi connectivity index (χ4n) is 2.88. The molecule has 0 bridgehead atoms. The molecule has 0 fully saturated rings. The summed E-state index contributed by atoms with van der Waals surface area (Å²) in [6.45, 7) is 0.835. The number of aryl methyl sites for hydroxylation is 1. The first-order chi connectivity index (χ1) is 15.3. The van der Waals surface area contributed by atoms with Gasteiger partial charge in [-0.2, -0.15) is 0 Å². The topological polar surface area (TPSA) is 113 Å². The number of halogens is 4. The molecule has 0 radical (unpaired) electrons. The quantitative estimate of drug-likeness (QED) is 0.342. The minimum atomic E-state index is -4.20. The number of nitrogens with one attached hydrogen (secondary N) is 2. The second-order valence-electron chi connectivity index (χ2n) is 6.88. The van der Waals surface area contributed by atoms with Gasteiger partial charge in [-0.3, -0.25) is 9.44 Å². The van der Waals surface area contributed by atoms with Crippen LogP contribution in [0.3, 0.4) is 0 Å². The largest absolute Gasteiger partial charge is 0.392 e. The van der Waals surface area contributed by atoms with Gasteiger partial charge >= 0.3 is 0 Å². The van der Waals surface area contributed by atoms with Crippen molar-refractivity contribution in [1.82, 2.24) is 0 Å². The Bertz CT molecular complexity index is 1430. The first-order valence-corrected chi connectivity index (χ1v) is 13.5. The fourth-order valence-corrected chi connectivity index (χ4v) is 6.34. The second kappa shape index (κ2) is 9.77. The minimum Gasteiger partial charge on any atom is -0.392 e. The van der Waals surface area contributed by atoms with Crippen LogP contribution >= 0.6 is 39.1 Å². The van der Waals surface area contributed by atoms with E-state index in [1.807, 2.05) is 0 Å². The molecule has 3 aromatic rings. The molecule has 176 valence electrons. The van der Waals surface area contributed by atoms with Crippen molar-refractivity contribution >= 4 is 70.6 Å². The van der Waals surface area contributed by atoms with E-state index in [-0.39, 0.29) is 41.2 Å². The standard InChI is InChI=1S/C20H16BrCl2FN2O5S2/c1-11-4-18(24)17(21)9-19(11)26-33(30,31)20-3-2-15(5-12(20)10-27)25-32(28,29)16-7-13(22)6-14(23)8-16/h2-9,25-27H,10H2,1H3. The van der Waals surface area contributed by atoms with Crippen LogP contribution in [0.1, 0.15) is 11.1 Å². The van der Waals surface area contributed by atoms with Crippen LogP contribution in [0.5, 0.6) is 0 Å². The highest BCUT2D eigenvalue weighted by Crippen LogP contribution is 2.29. The molecule has 7 nitrogen and oxygen atoms in total. The smallest absolute Gasteiger partial charge is 0.262 e. The van der Waals surface area contributed by atoms with Crippen molar-refractivity contribution in [1.29, 1.82) is 0 Å². The van der Waals surface area contributed by atoms with E-state index in [1.165, 1.54) is 43.3 Å². The van der Waals surface area contributed by atoms with Crippen LogP contribution in [-0.4, -0.2) is 21.9 Å². The molecule has 0 saturated heterocycles. The molecule has 0 heterocycles. The average Bonchev–Trinajstić information content (AvgIpc) is 2.70. The minimum absolute atomic E-state index is 0.00908. The maximum Gasteiger partial charge on any atom is 0.262 e. The molecular weight excluding hydrogens is 582 g/mol. The number of benzene rings is 3. The molecule has 33 heavy (non-hydrogen) atoms. The Kier molecular flexibility index (Phi) is 7.62. The lowest BCUT2D eigenvalue weighted by atomic mass is 10.2. The lowest BCUT2D eigenvalue weighted by Gasteiger charge is -2.15. The van der Waals surface area contributed by atoms with Crippen LogP contribution in [0, 0.1) is 12.7 Å². The zero-order valence-electron chi connectivity index (χ0n) is 16.7. The summed E-state index contributed by atoms with van der Waals surface area (Å²) in [5, 5.41) is 9.97. The third-order valence-corrected chi connectivity index (χ3v) is 8.30. The molecule has 0 amide bonds. The summed E-state index contributed by atoms with van der Waals surface area (Å²) >= 11 is 14.7. The summed E-state index contributed by atoms with van der Waals surface area (Å²) in [6.07, 6.45) is 0. The van der Waals surface area contributed by atoms with Crippen molar-refractivity contribution in [3.8, 4) is 0 Å². The van der Waals surface area contributed by atoms with Gasteiger partial charge in [-0.25, -0.2) is 21.2 Å². The number of aliphatic hydroxyl groups is 1. The molecule has 0 spiro atoms. The van der Waals surface area contributed by atoms with Crippen LogP contribution in [0.25, 0.3) is 0 Å². The maximum atomic E-state index is 13.7. The van der Waals surface area contributed by atoms with E-state index in [0.717, 1.165) is 12.1 Å². The molecule has 3 aromatic carbocycles. The van der Waals surface area contributed by atoms with Crippen molar-refractivity contribution in [2.45, 2.75) is 23.3 Å².